The van der Waals surface area contributed by atoms with Gasteiger partial charge in [0.25, 0.3) is 0 Å². The number of nitrogens with two attached hydrogens (primary N) is 1. The third kappa shape index (κ3) is 4.69. The van der Waals surface area contributed by atoms with Crippen LogP contribution in [0, 0.1) is 12.8 Å². The molecule has 0 bridgehead atoms. The summed E-state index contributed by atoms with van der Waals surface area (Å²) in [6.45, 7) is 5.89. The molecule has 1 aromatic rings. The van der Waals surface area contributed by atoms with Crippen LogP contribution in [0.3, 0.4) is 0 Å². The van der Waals surface area contributed by atoms with Gasteiger partial charge in [0, 0.05) is 44.5 Å². The van der Waals surface area contributed by atoms with E-state index in [0.717, 1.165) is 32.5 Å². The fraction of sp³-hybridized carbons (Fsp3) is 0.714. The van der Waals surface area contributed by atoms with E-state index in [2.05, 4.69) is 22.2 Å². The molecule has 1 aliphatic rings. The average Bonchev–Trinajstić information content (AvgIpc) is 2.77. The first-order valence-electron chi connectivity index (χ1n) is 7.29. The van der Waals surface area contributed by atoms with Gasteiger partial charge in [0.1, 0.15) is 0 Å². The van der Waals surface area contributed by atoms with Crippen LogP contribution in [0.15, 0.2) is 6.20 Å². The SMILES string of the molecule is Cc1c(CN2CCCC(C(=O)NCCN)C2)cnn1C.Cl. The number of halogens is 1. The molecule has 21 heavy (non-hydrogen) atoms. The molecule has 0 radical (unpaired) electrons. The van der Waals surface area contributed by atoms with Gasteiger partial charge in [-0.25, -0.2) is 0 Å². The summed E-state index contributed by atoms with van der Waals surface area (Å²) in [6, 6.07) is 0. The second-order valence-corrected chi connectivity index (χ2v) is 5.53. The number of nitrogens with one attached hydrogen (secondary N) is 1. The number of carbonyl (C=O) groups is 1. The van der Waals surface area contributed by atoms with E-state index in [1.54, 1.807) is 0 Å². The highest BCUT2D eigenvalue weighted by Gasteiger charge is 2.25. The largest absolute Gasteiger partial charge is 0.355 e. The lowest BCUT2D eigenvalue weighted by atomic mass is 9.96. The Morgan fingerprint density at radius 3 is 2.95 bits per heavy atom. The number of nitrogens with zero attached hydrogens (tertiary/aromatic N) is 3. The van der Waals surface area contributed by atoms with Crippen molar-refractivity contribution >= 4 is 18.3 Å². The predicted octanol–water partition coefficient (Wildman–Crippen LogP) is 0.437. The van der Waals surface area contributed by atoms with E-state index < -0.39 is 0 Å². The second-order valence-electron chi connectivity index (χ2n) is 5.53. The van der Waals surface area contributed by atoms with Crippen LogP contribution in [-0.2, 0) is 18.4 Å². The number of likely N-dealkylation sites (tertiary alicyclic amines) is 1. The Balaban J connectivity index is 0.00000220. The Morgan fingerprint density at radius 1 is 1.57 bits per heavy atom. The molecule has 1 aromatic heterocycles. The number of aryl methyl sites for hydroxylation is 1. The molecule has 6 nitrogen and oxygen atoms in total. The Bertz CT molecular complexity index is 462. The van der Waals surface area contributed by atoms with E-state index in [1.165, 1.54) is 11.3 Å². The Labute approximate surface area is 132 Å². The minimum Gasteiger partial charge on any atom is -0.355 e. The number of aromatic nitrogens is 2. The molecule has 1 aliphatic heterocycles. The fourth-order valence-corrected chi connectivity index (χ4v) is 2.69. The van der Waals surface area contributed by atoms with Crippen LogP contribution in [0.4, 0.5) is 0 Å². The molecule has 0 aliphatic carbocycles. The van der Waals surface area contributed by atoms with Crippen molar-refractivity contribution in [2.45, 2.75) is 26.3 Å². The van der Waals surface area contributed by atoms with Crippen molar-refractivity contribution in [1.29, 1.82) is 0 Å². The minimum atomic E-state index is 0. The summed E-state index contributed by atoms with van der Waals surface area (Å²) >= 11 is 0. The maximum Gasteiger partial charge on any atom is 0.224 e. The van der Waals surface area contributed by atoms with Gasteiger partial charge in [-0.2, -0.15) is 5.10 Å². The van der Waals surface area contributed by atoms with E-state index in [0.29, 0.717) is 13.1 Å². The highest BCUT2D eigenvalue weighted by Crippen LogP contribution is 2.19. The Hall–Kier alpha value is -1.11. The summed E-state index contributed by atoms with van der Waals surface area (Å²) in [5.74, 6) is 0.232. The molecule has 0 spiro atoms. The number of rotatable bonds is 5. The number of amides is 1. The van der Waals surface area contributed by atoms with Crippen LogP contribution in [-0.4, -0.2) is 46.8 Å². The maximum absolute atomic E-state index is 12.0. The van der Waals surface area contributed by atoms with Crippen molar-refractivity contribution in [3.05, 3.63) is 17.5 Å². The highest BCUT2D eigenvalue weighted by atomic mass is 35.5. The Morgan fingerprint density at radius 2 is 2.33 bits per heavy atom. The molecule has 1 amide bonds. The van der Waals surface area contributed by atoms with Crippen molar-refractivity contribution in [3.63, 3.8) is 0 Å². The van der Waals surface area contributed by atoms with Gasteiger partial charge in [0.15, 0.2) is 0 Å². The zero-order chi connectivity index (χ0) is 14.5. The molecule has 1 saturated heterocycles. The summed E-state index contributed by atoms with van der Waals surface area (Å²) in [5.41, 5.74) is 7.86. The lowest BCUT2D eigenvalue weighted by Gasteiger charge is -2.31. The number of carbonyl (C=O) groups excluding carboxylic acids is 1. The second kappa shape index (κ2) is 8.36. The van der Waals surface area contributed by atoms with Gasteiger partial charge in [-0.05, 0) is 26.3 Å². The molecule has 1 unspecified atom stereocenters. The molecule has 1 fully saturated rings. The summed E-state index contributed by atoms with van der Waals surface area (Å²) < 4.78 is 1.89. The molecular formula is C14H26ClN5O. The van der Waals surface area contributed by atoms with E-state index >= 15 is 0 Å². The minimum absolute atomic E-state index is 0. The molecule has 0 saturated carbocycles. The lowest BCUT2D eigenvalue weighted by Crippen LogP contribution is -2.43. The van der Waals surface area contributed by atoms with Gasteiger partial charge in [-0.3, -0.25) is 14.4 Å². The first-order chi connectivity index (χ1) is 9.61. The molecule has 3 N–H and O–H groups in total. The van der Waals surface area contributed by atoms with Gasteiger partial charge in [-0.15, -0.1) is 12.4 Å². The number of hydrogen-bond donors (Lipinski definition) is 2. The maximum atomic E-state index is 12.0. The zero-order valence-electron chi connectivity index (χ0n) is 12.8. The zero-order valence-corrected chi connectivity index (χ0v) is 13.7. The van der Waals surface area contributed by atoms with Crippen LogP contribution in [0.25, 0.3) is 0 Å². The summed E-state index contributed by atoms with van der Waals surface area (Å²) in [5, 5.41) is 7.17. The van der Waals surface area contributed by atoms with Gasteiger partial charge in [0.05, 0.1) is 12.1 Å². The van der Waals surface area contributed by atoms with Crippen LogP contribution in [0.2, 0.25) is 0 Å². The topological polar surface area (TPSA) is 76.2 Å². The summed E-state index contributed by atoms with van der Waals surface area (Å²) in [4.78, 5) is 14.4. The highest BCUT2D eigenvalue weighted by molar-refractivity contribution is 5.85. The third-order valence-electron chi connectivity index (χ3n) is 4.05. The first-order valence-corrected chi connectivity index (χ1v) is 7.29. The molecule has 2 rings (SSSR count). The predicted molar refractivity (Wildman–Crippen MR) is 85.3 cm³/mol. The van der Waals surface area contributed by atoms with Gasteiger partial charge >= 0.3 is 0 Å². The van der Waals surface area contributed by atoms with Crippen molar-refractivity contribution < 1.29 is 4.79 Å². The monoisotopic (exact) mass is 315 g/mol. The van der Waals surface area contributed by atoms with Crippen LogP contribution in [0.5, 0.6) is 0 Å². The van der Waals surface area contributed by atoms with Crippen molar-refractivity contribution in [2.24, 2.45) is 18.7 Å². The normalized spacial score (nSPS) is 19.1. The summed E-state index contributed by atoms with van der Waals surface area (Å²) in [7, 11) is 1.96. The van der Waals surface area contributed by atoms with Crippen molar-refractivity contribution in [3.8, 4) is 0 Å². The third-order valence-corrected chi connectivity index (χ3v) is 4.05. The van der Waals surface area contributed by atoms with Crippen LogP contribution >= 0.6 is 12.4 Å². The van der Waals surface area contributed by atoms with E-state index in [-0.39, 0.29) is 24.2 Å². The van der Waals surface area contributed by atoms with Gasteiger partial charge in [0.2, 0.25) is 5.91 Å². The van der Waals surface area contributed by atoms with E-state index in [9.17, 15) is 4.79 Å². The van der Waals surface area contributed by atoms with Crippen LogP contribution < -0.4 is 11.1 Å². The van der Waals surface area contributed by atoms with Crippen molar-refractivity contribution in [2.75, 3.05) is 26.2 Å². The fourth-order valence-electron chi connectivity index (χ4n) is 2.69. The molecule has 120 valence electrons. The number of hydrogen-bond acceptors (Lipinski definition) is 4. The van der Waals surface area contributed by atoms with Crippen LogP contribution in [0.1, 0.15) is 24.1 Å². The lowest BCUT2D eigenvalue weighted by molar-refractivity contribution is -0.126. The number of piperidine rings is 1. The molecular weight excluding hydrogens is 290 g/mol. The summed E-state index contributed by atoms with van der Waals surface area (Å²) in [6.07, 6.45) is 3.96. The molecule has 1 atom stereocenters. The average molecular weight is 316 g/mol. The van der Waals surface area contributed by atoms with E-state index in [1.807, 2.05) is 17.9 Å². The molecule has 7 heteroatoms. The van der Waals surface area contributed by atoms with Gasteiger partial charge in [-0.1, -0.05) is 0 Å². The molecule has 0 aromatic carbocycles. The Kier molecular flexibility index (Phi) is 7.14. The first kappa shape index (κ1) is 17.9. The van der Waals surface area contributed by atoms with Gasteiger partial charge < -0.3 is 11.1 Å². The van der Waals surface area contributed by atoms with E-state index in [4.69, 9.17) is 5.73 Å². The molecule has 2 heterocycles. The smallest absolute Gasteiger partial charge is 0.224 e. The standard InChI is InChI=1S/C14H25N5O.ClH/c1-11-13(8-17-18(11)2)10-19-7-3-4-12(9-19)14(20)16-6-5-15;/h8,12H,3-7,9-10,15H2,1-2H3,(H,16,20);1H. The van der Waals surface area contributed by atoms with Crippen molar-refractivity contribution in [1.82, 2.24) is 20.0 Å². The quantitative estimate of drug-likeness (QED) is 0.826.